The number of amides is 6. The van der Waals surface area contributed by atoms with E-state index in [1.807, 2.05) is 49.6 Å². The van der Waals surface area contributed by atoms with E-state index in [4.69, 9.17) is 45.2 Å². The van der Waals surface area contributed by atoms with E-state index in [2.05, 4.69) is 31.2 Å². The number of pyridine rings is 1. The van der Waals surface area contributed by atoms with Gasteiger partial charge in [0.05, 0.1) is 58.8 Å². The number of aryl methyl sites for hydroxylation is 1. The first-order valence-electron chi connectivity index (χ1n) is 31.5. The molecule has 0 saturated heterocycles. The Morgan fingerprint density at radius 1 is 0.717 bits per heavy atom. The molecular weight excluding hydrogens is 1400 g/mol. The van der Waals surface area contributed by atoms with Gasteiger partial charge in [-0.3, -0.25) is 43.3 Å². The maximum Gasteiger partial charge on any atom is 0.415 e. The molecule has 1 aliphatic rings. The first-order chi connectivity index (χ1) is 47.4. The summed E-state index contributed by atoms with van der Waals surface area (Å²) >= 11 is 7.27. The number of nitrogens with two attached hydrogens (primary N) is 1. The number of nitrogens with zero attached hydrogens (tertiary/aromatic N) is 8. The second-order valence-electron chi connectivity index (χ2n) is 23.7. The number of primary amides is 1. The van der Waals surface area contributed by atoms with Crippen molar-refractivity contribution in [3.05, 3.63) is 111 Å². The highest BCUT2D eigenvalue weighted by Crippen LogP contribution is 2.44. The summed E-state index contributed by atoms with van der Waals surface area (Å²) in [4.78, 5) is 152. The number of aliphatic hydroxyl groups is 1. The van der Waals surface area contributed by atoms with Crippen LogP contribution in [-0.2, 0) is 46.5 Å². The van der Waals surface area contributed by atoms with Crippen LogP contribution in [0.3, 0.4) is 0 Å². The van der Waals surface area contributed by atoms with Crippen LogP contribution >= 0.6 is 68.0 Å². The zero-order valence-electron chi connectivity index (χ0n) is 54.4. The van der Waals surface area contributed by atoms with Gasteiger partial charge in [-0.25, -0.2) is 39.7 Å². The third kappa shape index (κ3) is 19.3. The van der Waals surface area contributed by atoms with Crippen LogP contribution in [0.5, 0.6) is 0 Å². The molecule has 1 unspecified atom stereocenters. The van der Waals surface area contributed by atoms with Crippen LogP contribution in [0.1, 0.15) is 171 Å². The molecule has 1 fully saturated rings. The zero-order valence-corrected chi connectivity index (χ0v) is 59.3. The predicted molar refractivity (Wildman–Crippen MR) is 373 cm³/mol. The fraction of sp³-hybridized carbons (Fsp3) is 0.415. The fourth-order valence-electron chi connectivity index (χ4n) is 10.9. The van der Waals surface area contributed by atoms with E-state index in [1.165, 1.54) is 53.1 Å². The molecular formula is C65H73N13O15S6. The predicted octanol–water partition coefficient (Wildman–Crippen LogP) is 10.0. The number of aliphatic hydroxyl groups excluding tert-OH is 1. The van der Waals surface area contributed by atoms with Gasteiger partial charge in [-0.2, -0.15) is 0 Å². The molecule has 3 atom stereocenters. The third-order valence-corrected chi connectivity index (χ3v) is 21.9. The van der Waals surface area contributed by atoms with Crippen molar-refractivity contribution in [2.24, 2.45) is 17.1 Å². The summed E-state index contributed by atoms with van der Waals surface area (Å²) in [6, 6.07) is 11.0. The number of carboxylic acids is 3. The SMILES string of the molecule is CNC(=O)C[C@H](NC(=O)c1csc(-c2ccc(-c3nc(N(CCCCC(=O)O)C(=O)O[C@H]4CC[C@@](CCCCC(=O)O)(C(=O)O)CC4)cs3)nc2-c2csc(-c3csc(C[C@@H](O)c4ccccc4)n3)n2)n1)c1nc(C(=O)NC(c2nc(C(=O)NCC(N)=O)c(COC)s2)C(C)C)c(C)s1. The summed E-state index contributed by atoms with van der Waals surface area (Å²) < 4.78 is 11.4. The van der Waals surface area contributed by atoms with Crippen molar-refractivity contribution in [3.8, 4) is 43.4 Å². The van der Waals surface area contributed by atoms with Crippen LogP contribution in [0.2, 0.25) is 0 Å². The molecule has 34 heteroatoms. The molecule has 1 aliphatic carbocycles. The number of benzene rings is 1. The Labute approximate surface area is 591 Å². The van der Waals surface area contributed by atoms with E-state index in [9.17, 15) is 58.5 Å². The van der Waals surface area contributed by atoms with E-state index in [-0.39, 0.29) is 111 Å². The van der Waals surface area contributed by atoms with E-state index in [1.54, 1.807) is 35.2 Å². The number of carbonyl (C=O) groups excluding carboxylic acids is 6. The molecule has 524 valence electrons. The van der Waals surface area contributed by atoms with Crippen molar-refractivity contribution < 1.29 is 73.1 Å². The van der Waals surface area contributed by atoms with Crippen LogP contribution in [0.25, 0.3) is 43.4 Å². The minimum atomic E-state index is -1.08. The number of carboxylic acid groups (broad SMARTS) is 3. The Bertz CT molecular complexity index is 4210. The topological polar surface area (TPSA) is 421 Å². The van der Waals surface area contributed by atoms with E-state index in [0.29, 0.717) is 82.4 Å². The Morgan fingerprint density at radius 2 is 1.40 bits per heavy atom. The fourth-order valence-corrected chi connectivity index (χ4v) is 16.4. The number of rotatable bonds is 34. The molecule has 7 heterocycles. The number of hydrogen-bond donors (Lipinski definition) is 9. The van der Waals surface area contributed by atoms with Gasteiger partial charge < -0.3 is 56.9 Å². The molecule has 99 heavy (non-hydrogen) atoms. The van der Waals surface area contributed by atoms with Gasteiger partial charge in [0, 0.05) is 71.9 Å². The smallest absolute Gasteiger partial charge is 0.415 e. The second kappa shape index (κ2) is 34.2. The molecule has 1 aromatic carbocycles. The molecule has 9 rings (SSSR count). The quantitative estimate of drug-likeness (QED) is 0.0169. The monoisotopic (exact) mass is 1470 g/mol. The zero-order chi connectivity index (χ0) is 71.1. The highest BCUT2D eigenvalue weighted by molar-refractivity contribution is 7.15. The van der Waals surface area contributed by atoms with Gasteiger partial charge in [0.15, 0.2) is 0 Å². The summed E-state index contributed by atoms with van der Waals surface area (Å²) in [6.45, 7) is 5.06. The van der Waals surface area contributed by atoms with Gasteiger partial charge in [-0.05, 0) is 81.9 Å². The first-order valence-corrected chi connectivity index (χ1v) is 36.6. The van der Waals surface area contributed by atoms with Crippen molar-refractivity contribution in [1.82, 2.24) is 56.2 Å². The average molecular weight is 1470 g/mol. The molecule has 0 bridgehead atoms. The summed E-state index contributed by atoms with van der Waals surface area (Å²) in [5.74, 6) is -6.06. The number of anilines is 1. The third-order valence-electron chi connectivity index (χ3n) is 16.2. The minimum absolute atomic E-state index is 0.0181. The van der Waals surface area contributed by atoms with E-state index >= 15 is 0 Å². The van der Waals surface area contributed by atoms with Crippen molar-refractivity contribution in [1.29, 1.82) is 0 Å². The summed E-state index contributed by atoms with van der Waals surface area (Å²) in [6.07, 6.45) is 0.158. The van der Waals surface area contributed by atoms with Gasteiger partial charge in [-0.1, -0.05) is 50.6 Å². The Hall–Kier alpha value is -8.90. The van der Waals surface area contributed by atoms with Crippen LogP contribution in [0, 0.1) is 18.3 Å². The summed E-state index contributed by atoms with van der Waals surface area (Å²) in [7, 11) is 2.90. The van der Waals surface area contributed by atoms with Crippen molar-refractivity contribution in [3.63, 3.8) is 0 Å². The normalized spacial score (nSPS) is 15.4. The van der Waals surface area contributed by atoms with Gasteiger partial charge in [-0.15, -0.1) is 68.0 Å². The number of thiazole rings is 6. The molecule has 8 aromatic rings. The number of ether oxygens (including phenoxy) is 2. The second-order valence-corrected chi connectivity index (χ2v) is 29.5. The Kier molecular flexibility index (Phi) is 25.7. The van der Waals surface area contributed by atoms with Crippen molar-refractivity contribution in [2.75, 3.05) is 32.1 Å². The number of aromatic nitrogens is 7. The molecule has 10 N–H and O–H groups in total. The van der Waals surface area contributed by atoms with Crippen LogP contribution in [0.4, 0.5) is 10.6 Å². The van der Waals surface area contributed by atoms with Crippen molar-refractivity contribution >= 4 is 127 Å². The maximum atomic E-state index is 14.5. The molecule has 0 spiro atoms. The number of aliphatic carboxylic acids is 3. The largest absolute Gasteiger partial charge is 0.481 e. The van der Waals surface area contributed by atoms with Gasteiger partial charge >= 0.3 is 24.0 Å². The first kappa shape index (κ1) is 74.3. The molecule has 0 radical (unpaired) electrons. The molecule has 0 aliphatic heterocycles. The van der Waals surface area contributed by atoms with E-state index < -0.39 is 89.8 Å². The highest BCUT2D eigenvalue weighted by atomic mass is 32.1. The van der Waals surface area contributed by atoms with Gasteiger partial charge in [0.2, 0.25) is 11.8 Å². The van der Waals surface area contributed by atoms with Crippen molar-refractivity contribution in [2.45, 2.75) is 135 Å². The minimum Gasteiger partial charge on any atom is -0.481 e. The molecule has 1 saturated carbocycles. The highest BCUT2D eigenvalue weighted by Gasteiger charge is 2.43. The summed E-state index contributed by atoms with van der Waals surface area (Å²) in [5.41, 5.74) is 7.09. The summed E-state index contributed by atoms with van der Waals surface area (Å²) in [5, 5.41) is 60.3. The van der Waals surface area contributed by atoms with Gasteiger partial charge in [0.1, 0.15) is 71.1 Å². The standard InChI is InChI=1S/C65H73N13O15S6/c1-33(2)51(62-77-54(44(99-62)28-92-5)56(87)68-27-45(66)80)75-57(88)52-34(3)98-61(76-52)39(25-47(81)67-4)71-55(86)41-30-95-58(73-41)37-17-18-38(70-53(37)40-29-96-60(72-40)42-31-94-48(69-42)26-43(79)35-13-7-6-8-14-35)59-74-46(32-97-59)78(24-12-10-16-50(84)85)64(91)93-36-19-22-65(23-20-36,63(89)90)21-11-9-15-49(82)83/h6-8,13-14,17-18,29-33,36,39,43,51,79H,9-12,15-16,19-28H2,1-5H3,(H2,66,80)(H,67,81)(H,68,87)(H,71,86)(H,75,88)(H,82,83)(H,84,85)(H,89,90)/t36-,39-,43+,51?,65+/m0/s1. The van der Waals surface area contributed by atoms with Gasteiger partial charge in [0.25, 0.3) is 17.7 Å². The van der Waals surface area contributed by atoms with Crippen LogP contribution in [0.15, 0.2) is 64.0 Å². The number of carbonyl (C=O) groups is 9. The number of hydrogen-bond acceptors (Lipinski definition) is 25. The number of methoxy groups -OCH3 is 1. The lowest BCUT2D eigenvalue weighted by atomic mass is 9.70. The van der Waals surface area contributed by atoms with Crippen LogP contribution < -0.4 is 31.9 Å². The lowest BCUT2D eigenvalue weighted by Gasteiger charge is -2.37. The Balaban J connectivity index is 0.985. The molecule has 28 nitrogen and oxygen atoms in total. The molecule has 6 amide bonds. The number of unbranched alkanes of at least 4 members (excludes halogenated alkanes) is 2. The maximum absolute atomic E-state index is 14.5. The average Bonchev–Trinajstić information content (AvgIpc) is 1.72. The van der Waals surface area contributed by atoms with E-state index in [0.717, 1.165) is 39.6 Å². The molecule has 7 aromatic heterocycles. The van der Waals surface area contributed by atoms with Crippen LogP contribution in [-0.4, -0.2) is 142 Å². The number of nitrogens with one attached hydrogen (secondary N) is 4. The lowest BCUT2D eigenvalue weighted by Crippen LogP contribution is -2.41. The Morgan fingerprint density at radius 3 is 2.09 bits per heavy atom. The lowest BCUT2D eigenvalue weighted by molar-refractivity contribution is -0.153.